The summed E-state index contributed by atoms with van der Waals surface area (Å²) in [6.45, 7) is 2.25. The number of nitrogens with one attached hydrogen (secondary N) is 1. The third-order valence-corrected chi connectivity index (χ3v) is 3.33. The second kappa shape index (κ2) is 4.24. The minimum atomic E-state index is 0.543. The van der Waals surface area contributed by atoms with Gasteiger partial charge in [0.15, 0.2) is 0 Å². The van der Waals surface area contributed by atoms with Crippen LogP contribution >= 0.6 is 15.9 Å². The molecule has 1 saturated carbocycles. The van der Waals surface area contributed by atoms with E-state index in [9.17, 15) is 0 Å². The number of nitriles is 1. The molecule has 0 aliphatic heterocycles. The molecule has 15 heavy (non-hydrogen) atoms. The van der Waals surface area contributed by atoms with Gasteiger partial charge in [0.05, 0.1) is 11.3 Å². The van der Waals surface area contributed by atoms with E-state index in [2.05, 4.69) is 34.2 Å². The smallest absolute Gasteiger partial charge is 0.101 e. The minimum absolute atomic E-state index is 0.543. The Kier molecular flexibility index (Phi) is 2.97. The number of anilines is 1. The van der Waals surface area contributed by atoms with E-state index < -0.39 is 0 Å². The lowest BCUT2D eigenvalue weighted by molar-refractivity contribution is 0.309. The summed E-state index contributed by atoms with van der Waals surface area (Å²) >= 11 is 3.42. The van der Waals surface area contributed by atoms with Gasteiger partial charge in [-0.15, -0.1) is 0 Å². The molecule has 3 heteroatoms. The van der Waals surface area contributed by atoms with E-state index in [1.165, 1.54) is 12.8 Å². The van der Waals surface area contributed by atoms with Gasteiger partial charge in [0, 0.05) is 10.5 Å². The Hall–Kier alpha value is -1.01. The summed E-state index contributed by atoms with van der Waals surface area (Å²) in [6, 6.07) is 8.46. The Balaban J connectivity index is 2.13. The molecule has 0 radical (unpaired) electrons. The molecular formula is C12H13BrN2. The summed E-state index contributed by atoms with van der Waals surface area (Å²) in [5.74, 6) is 0.820. The van der Waals surface area contributed by atoms with Gasteiger partial charge in [0.2, 0.25) is 0 Å². The maximum Gasteiger partial charge on any atom is 0.101 e. The van der Waals surface area contributed by atoms with Crippen LogP contribution in [0.4, 0.5) is 5.69 Å². The zero-order valence-electron chi connectivity index (χ0n) is 8.63. The first-order valence-electron chi connectivity index (χ1n) is 5.15. The van der Waals surface area contributed by atoms with Crippen LogP contribution in [0.5, 0.6) is 0 Å². The molecular weight excluding hydrogens is 252 g/mol. The first kappa shape index (κ1) is 10.5. The van der Waals surface area contributed by atoms with Crippen molar-refractivity contribution in [3.63, 3.8) is 0 Å². The van der Waals surface area contributed by atoms with E-state index in [1.54, 1.807) is 0 Å². The lowest BCUT2D eigenvalue weighted by atomic mass is 9.81. The van der Waals surface area contributed by atoms with Gasteiger partial charge in [-0.3, -0.25) is 0 Å². The molecule has 1 N–H and O–H groups in total. The molecule has 0 spiro atoms. The van der Waals surface area contributed by atoms with Gasteiger partial charge in [-0.2, -0.15) is 5.26 Å². The summed E-state index contributed by atoms with van der Waals surface area (Å²) in [7, 11) is 0. The molecule has 2 rings (SSSR count). The largest absolute Gasteiger partial charge is 0.381 e. The van der Waals surface area contributed by atoms with Gasteiger partial charge >= 0.3 is 0 Å². The molecule has 0 bridgehead atoms. The van der Waals surface area contributed by atoms with E-state index in [4.69, 9.17) is 5.26 Å². The van der Waals surface area contributed by atoms with Crippen molar-refractivity contribution < 1.29 is 0 Å². The van der Waals surface area contributed by atoms with E-state index in [0.717, 1.165) is 21.6 Å². The van der Waals surface area contributed by atoms with Gasteiger partial charge in [-0.05, 0) is 37.0 Å². The van der Waals surface area contributed by atoms with Gasteiger partial charge in [0.25, 0.3) is 0 Å². The summed E-state index contributed by atoms with van der Waals surface area (Å²) in [4.78, 5) is 0. The zero-order valence-corrected chi connectivity index (χ0v) is 10.2. The van der Waals surface area contributed by atoms with Crippen LogP contribution in [-0.2, 0) is 0 Å². The van der Waals surface area contributed by atoms with E-state index >= 15 is 0 Å². The van der Waals surface area contributed by atoms with Crippen LogP contribution in [0.3, 0.4) is 0 Å². The second-order valence-corrected chi connectivity index (χ2v) is 5.14. The van der Waals surface area contributed by atoms with Crippen LogP contribution in [0.2, 0.25) is 0 Å². The molecule has 0 unspecified atom stereocenters. The van der Waals surface area contributed by atoms with Crippen molar-refractivity contribution >= 4 is 21.6 Å². The van der Waals surface area contributed by atoms with Crippen LogP contribution in [-0.4, -0.2) is 6.04 Å². The number of halogens is 1. The highest BCUT2D eigenvalue weighted by Crippen LogP contribution is 2.31. The van der Waals surface area contributed by atoms with E-state index in [-0.39, 0.29) is 0 Å². The first-order valence-corrected chi connectivity index (χ1v) is 5.94. The molecule has 1 fully saturated rings. The fraction of sp³-hybridized carbons (Fsp3) is 0.417. The Bertz CT molecular complexity index is 403. The predicted octanol–water partition coefficient (Wildman–Crippen LogP) is 3.53. The normalized spacial score (nSPS) is 24.1. The monoisotopic (exact) mass is 264 g/mol. The second-order valence-electron chi connectivity index (χ2n) is 4.22. The summed E-state index contributed by atoms with van der Waals surface area (Å²) < 4.78 is 1.01. The van der Waals surface area contributed by atoms with Crippen LogP contribution in [0.25, 0.3) is 0 Å². The average molecular weight is 265 g/mol. The van der Waals surface area contributed by atoms with Gasteiger partial charge in [-0.1, -0.05) is 22.9 Å². The lowest BCUT2D eigenvalue weighted by Crippen LogP contribution is -2.33. The van der Waals surface area contributed by atoms with Crippen molar-refractivity contribution in [2.45, 2.75) is 25.8 Å². The van der Waals surface area contributed by atoms with Gasteiger partial charge in [0.1, 0.15) is 6.07 Å². The van der Waals surface area contributed by atoms with E-state index in [0.29, 0.717) is 6.04 Å². The Morgan fingerprint density at radius 3 is 2.80 bits per heavy atom. The topological polar surface area (TPSA) is 35.8 Å². The lowest BCUT2D eigenvalue weighted by Gasteiger charge is -2.34. The Labute approximate surface area is 98.4 Å². The number of hydrogen-bond donors (Lipinski definition) is 1. The Morgan fingerprint density at radius 1 is 1.47 bits per heavy atom. The molecule has 2 nitrogen and oxygen atoms in total. The molecule has 0 saturated heterocycles. The zero-order chi connectivity index (χ0) is 10.8. The molecule has 0 amide bonds. The highest BCUT2D eigenvalue weighted by Gasteiger charge is 2.25. The van der Waals surface area contributed by atoms with E-state index in [1.807, 2.05) is 18.2 Å². The van der Waals surface area contributed by atoms with Crippen molar-refractivity contribution in [1.29, 1.82) is 5.26 Å². The molecule has 0 heterocycles. The molecule has 1 aliphatic rings. The third-order valence-electron chi connectivity index (χ3n) is 2.84. The molecule has 0 atom stereocenters. The molecule has 78 valence electrons. The number of hydrogen-bond acceptors (Lipinski definition) is 2. The molecule has 1 aromatic carbocycles. The van der Waals surface area contributed by atoms with Crippen molar-refractivity contribution in [3.8, 4) is 6.07 Å². The van der Waals surface area contributed by atoms with Crippen LogP contribution in [0.15, 0.2) is 22.7 Å². The highest BCUT2D eigenvalue weighted by molar-refractivity contribution is 9.10. The minimum Gasteiger partial charge on any atom is -0.381 e. The highest BCUT2D eigenvalue weighted by atomic mass is 79.9. The number of nitrogens with zero attached hydrogens (tertiary/aromatic N) is 1. The van der Waals surface area contributed by atoms with Crippen LogP contribution in [0.1, 0.15) is 25.3 Å². The number of rotatable bonds is 2. The van der Waals surface area contributed by atoms with Crippen molar-refractivity contribution in [1.82, 2.24) is 0 Å². The quantitative estimate of drug-likeness (QED) is 0.887. The summed E-state index contributed by atoms with van der Waals surface area (Å²) in [5.41, 5.74) is 1.67. The molecule has 1 aliphatic carbocycles. The van der Waals surface area contributed by atoms with Crippen LogP contribution in [0, 0.1) is 17.2 Å². The molecule has 1 aromatic rings. The third kappa shape index (κ3) is 2.32. The Morgan fingerprint density at radius 2 is 2.20 bits per heavy atom. The molecule has 0 aromatic heterocycles. The SMILES string of the molecule is CC1CC(Nc2cc(Br)ccc2C#N)C1. The van der Waals surface area contributed by atoms with Crippen molar-refractivity contribution in [2.75, 3.05) is 5.32 Å². The maximum atomic E-state index is 8.96. The van der Waals surface area contributed by atoms with Gasteiger partial charge < -0.3 is 5.32 Å². The fourth-order valence-corrected chi connectivity index (χ4v) is 2.33. The maximum absolute atomic E-state index is 8.96. The van der Waals surface area contributed by atoms with Crippen molar-refractivity contribution in [3.05, 3.63) is 28.2 Å². The summed E-state index contributed by atoms with van der Waals surface area (Å²) in [5, 5.41) is 12.4. The first-order chi connectivity index (χ1) is 7.19. The fourth-order valence-electron chi connectivity index (χ4n) is 1.97. The number of benzene rings is 1. The average Bonchev–Trinajstić information content (AvgIpc) is 2.16. The predicted molar refractivity (Wildman–Crippen MR) is 64.7 cm³/mol. The van der Waals surface area contributed by atoms with Crippen molar-refractivity contribution in [2.24, 2.45) is 5.92 Å². The van der Waals surface area contributed by atoms with Gasteiger partial charge in [-0.25, -0.2) is 0 Å². The summed E-state index contributed by atoms with van der Waals surface area (Å²) in [6.07, 6.45) is 2.41. The standard InChI is InChI=1S/C12H13BrN2/c1-8-4-11(5-8)15-12-6-10(13)3-2-9(12)7-14/h2-3,6,8,11,15H,4-5H2,1H3. The van der Waals surface area contributed by atoms with Crippen LogP contribution < -0.4 is 5.32 Å².